The number of ether oxygens (including phenoxy) is 1. The van der Waals surface area contributed by atoms with Crippen molar-refractivity contribution in [3.05, 3.63) is 59.2 Å². The molecule has 1 aromatic carbocycles. The Bertz CT molecular complexity index is 1020. The molecule has 0 saturated heterocycles. The molecule has 3 fully saturated rings. The maximum absolute atomic E-state index is 12.3. The number of fused-ring (bicyclic) bond motifs is 5. The first-order chi connectivity index (χ1) is 18.2. The quantitative estimate of drug-likeness (QED) is 0.391. The summed E-state index contributed by atoms with van der Waals surface area (Å²) in [6.45, 7) is 9.70. The lowest BCUT2D eigenvalue weighted by molar-refractivity contribution is -0.107. The van der Waals surface area contributed by atoms with Gasteiger partial charge in [0, 0.05) is 18.5 Å². The maximum atomic E-state index is 12.3. The first-order valence-electron chi connectivity index (χ1n) is 15.0. The SMILES string of the molecule is CCCN(CC(O)COCc1ccccc1)CC1(O)CCC2C3=CC=C4CC(O)CCC4(C)C3CCC21C. The van der Waals surface area contributed by atoms with E-state index in [-0.39, 0.29) is 16.9 Å². The van der Waals surface area contributed by atoms with E-state index in [0.29, 0.717) is 38.1 Å². The maximum Gasteiger partial charge on any atom is 0.0900 e. The van der Waals surface area contributed by atoms with Gasteiger partial charge in [0.1, 0.15) is 0 Å². The number of benzene rings is 1. The van der Waals surface area contributed by atoms with E-state index in [9.17, 15) is 15.3 Å². The van der Waals surface area contributed by atoms with E-state index in [1.54, 1.807) is 5.57 Å². The molecule has 3 N–H and O–H groups in total. The summed E-state index contributed by atoms with van der Waals surface area (Å²) >= 11 is 0. The van der Waals surface area contributed by atoms with Gasteiger partial charge in [-0.05, 0) is 80.7 Å². The Kier molecular flexibility index (Phi) is 8.24. The summed E-state index contributed by atoms with van der Waals surface area (Å²) in [5, 5.41) is 33.4. The molecule has 210 valence electrons. The second-order valence-electron chi connectivity index (χ2n) is 13.2. The lowest BCUT2D eigenvalue weighted by Crippen LogP contribution is -2.56. The molecule has 7 atom stereocenters. The summed E-state index contributed by atoms with van der Waals surface area (Å²) in [7, 11) is 0. The van der Waals surface area contributed by atoms with Crippen LogP contribution in [0.25, 0.3) is 0 Å². The highest BCUT2D eigenvalue weighted by Gasteiger charge is 2.62. The molecule has 0 amide bonds. The fraction of sp³-hybridized carbons (Fsp3) is 0.697. The normalized spacial score (nSPS) is 37.2. The molecule has 4 aliphatic rings. The van der Waals surface area contributed by atoms with Crippen LogP contribution < -0.4 is 0 Å². The van der Waals surface area contributed by atoms with Gasteiger partial charge in [0.2, 0.25) is 0 Å². The molecule has 0 aromatic heterocycles. The monoisotopic (exact) mass is 523 g/mol. The largest absolute Gasteiger partial charge is 0.393 e. The van der Waals surface area contributed by atoms with E-state index in [0.717, 1.165) is 63.5 Å². The minimum Gasteiger partial charge on any atom is -0.393 e. The third kappa shape index (κ3) is 5.17. The van der Waals surface area contributed by atoms with Gasteiger partial charge in [-0.3, -0.25) is 4.90 Å². The molecule has 5 nitrogen and oxygen atoms in total. The molecule has 7 unspecified atom stereocenters. The number of nitrogens with zero attached hydrogens (tertiary/aromatic N) is 1. The Morgan fingerprint density at radius 3 is 2.55 bits per heavy atom. The highest BCUT2D eigenvalue weighted by Crippen LogP contribution is 2.66. The summed E-state index contributed by atoms with van der Waals surface area (Å²) < 4.78 is 5.81. The highest BCUT2D eigenvalue weighted by molar-refractivity contribution is 5.39. The number of hydrogen-bond donors (Lipinski definition) is 3. The van der Waals surface area contributed by atoms with Crippen LogP contribution in [0.15, 0.2) is 53.6 Å². The Balaban J connectivity index is 1.25. The highest BCUT2D eigenvalue weighted by atomic mass is 16.5. The first-order valence-corrected chi connectivity index (χ1v) is 15.0. The van der Waals surface area contributed by atoms with Gasteiger partial charge in [-0.25, -0.2) is 0 Å². The second-order valence-corrected chi connectivity index (χ2v) is 13.2. The van der Waals surface area contributed by atoms with Crippen molar-refractivity contribution >= 4 is 0 Å². The van der Waals surface area contributed by atoms with Crippen LogP contribution in [0.4, 0.5) is 0 Å². The van der Waals surface area contributed by atoms with E-state index in [2.05, 4.69) is 37.8 Å². The van der Waals surface area contributed by atoms with E-state index in [4.69, 9.17) is 4.74 Å². The number of aliphatic hydroxyl groups is 3. The summed E-state index contributed by atoms with van der Waals surface area (Å²) in [6.07, 6.45) is 11.6. The molecule has 0 heterocycles. The minimum atomic E-state index is -0.767. The average molecular weight is 524 g/mol. The summed E-state index contributed by atoms with van der Waals surface area (Å²) in [5.41, 5.74) is 3.32. The first kappa shape index (κ1) is 28.0. The molecule has 3 saturated carbocycles. The number of hydrogen-bond acceptors (Lipinski definition) is 5. The average Bonchev–Trinajstić information content (AvgIpc) is 3.15. The van der Waals surface area contributed by atoms with Crippen molar-refractivity contribution in [1.82, 2.24) is 4.90 Å². The smallest absolute Gasteiger partial charge is 0.0900 e. The van der Waals surface area contributed by atoms with Crippen LogP contribution in [-0.4, -0.2) is 64.3 Å². The Morgan fingerprint density at radius 2 is 1.79 bits per heavy atom. The predicted octanol–water partition coefficient (Wildman–Crippen LogP) is 5.25. The molecule has 0 spiro atoms. The third-order valence-electron chi connectivity index (χ3n) is 10.8. The number of aliphatic hydroxyl groups excluding tert-OH is 2. The van der Waals surface area contributed by atoms with Gasteiger partial charge in [-0.1, -0.05) is 74.4 Å². The molecule has 38 heavy (non-hydrogen) atoms. The van der Waals surface area contributed by atoms with Gasteiger partial charge in [0.05, 0.1) is 31.0 Å². The van der Waals surface area contributed by atoms with Gasteiger partial charge in [-0.15, -0.1) is 0 Å². The van der Waals surface area contributed by atoms with E-state index in [1.807, 2.05) is 30.3 Å². The zero-order valence-electron chi connectivity index (χ0n) is 23.7. The Labute approximate surface area is 229 Å². The molecular formula is C33H49NO4. The topological polar surface area (TPSA) is 73.2 Å². The number of allylic oxidation sites excluding steroid dienone is 3. The fourth-order valence-corrected chi connectivity index (χ4v) is 8.51. The van der Waals surface area contributed by atoms with Gasteiger partial charge in [0.25, 0.3) is 0 Å². The number of rotatable bonds is 10. The predicted molar refractivity (Wildman–Crippen MR) is 151 cm³/mol. The van der Waals surface area contributed by atoms with Crippen LogP contribution in [0, 0.1) is 22.7 Å². The van der Waals surface area contributed by atoms with E-state index in [1.165, 1.54) is 5.57 Å². The van der Waals surface area contributed by atoms with Crippen LogP contribution in [-0.2, 0) is 11.3 Å². The lowest BCUT2D eigenvalue weighted by Gasteiger charge is -2.56. The van der Waals surface area contributed by atoms with Crippen molar-refractivity contribution in [3.63, 3.8) is 0 Å². The summed E-state index contributed by atoms with van der Waals surface area (Å²) in [4.78, 5) is 2.27. The Hall–Kier alpha value is -1.50. The van der Waals surface area contributed by atoms with Crippen molar-refractivity contribution in [3.8, 4) is 0 Å². The van der Waals surface area contributed by atoms with Crippen LogP contribution in [0.5, 0.6) is 0 Å². The standard InChI is InChI=1S/C33H49NO4/c1-4-18-34(20-27(36)22-38-21-24-8-6-5-7-9-24)23-33(37)17-14-30-28-11-10-25-19-26(35)12-15-31(25,2)29(28)13-16-32(30,33)3/h5-11,26-27,29-30,35-37H,4,12-23H2,1-3H3. The molecular weight excluding hydrogens is 474 g/mol. The van der Waals surface area contributed by atoms with Crippen LogP contribution in [0.2, 0.25) is 0 Å². The lowest BCUT2D eigenvalue weighted by atomic mass is 9.50. The minimum absolute atomic E-state index is 0.156. The van der Waals surface area contributed by atoms with Crippen LogP contribution >= 0.6 is 0 Å². The van der Waals surface area contributed by atoms with Gasteiger partial charge < -0.3 is 20.1 Å². The van der Waals surface area contributed by atoms with Gasteiger partial charge >= 0.3 is 0 Å². The molecule has 0 radical (unpaired) electrons. The van der Waals surface area contributed by atoms with Crippen LogP contribution in [0.3, 0.4) is 0 Å². The molecule has 5 rings (SSSR count). The van der Waals surface area contributed by atoms with E-state index >= 15 is 0 Å². The second kappa shape index (κ2) is 11.2. The van der Waals surface area contributed by atoms with Crippen molar-refractivity contribution in [2.24, 2.45) is 22.7 Å². The molecule has 0 bridgehead atoms. The Morgan fingerprint density at radius 1 is 1.03 bits per heavy atom. The van der Waals surface area contributed by atoms with Crippen molar-refractivity contribution < 1.29 is 20.1 Å². The molecule has 5 heteroatoms. The van der Waals surface area contributed by atoms with Gasteiger partial charge in [0.15, 0.2) is 0 Å². The van der Waals surface area contributed by atoms with Crippen LogP contribution in [0.1, 0.15) is 77.7 Å². The summed E-state index contributed by atoms with van der Waals surface area (Å²) in [5.74, 6) is 0.932. The van der Waals surface area contributed by atoms with E-state index < -0.39 is 11.7 Å². The summed E-state index contributed by atoms with van der Waals surface area (Å²) in [6, 6.07) is 10.1. The van der Waals surface area contributed by atoms with Gasteiger partial charge in [-0.2, -0.15) is 0 Å². The molecule has 1 aromatic rings. The zero-order valence-corrected chi connectivity index (χ0v) is 23.7. The van der Waals surface area contributed by atoms with Crippen molar-refractivity contribution in [2.75, 3.05) is 26.2 Å². The molecule has 4 aliphatic carbocycles. The zero-order chi connectivity index (χ0) is 27.0. The third-order valence-corrected chi connectivity index (χ3v) is 10.8. The fourth-order valence-electron chi connectivity index (χ4n) is 8.51. The van der Waals surface area contributed by atoms with Crippen molar-refractivity contribution in [1.29, 1.82) is 0 Å². The van der Waals surface area contributed by atoms with Crippen molar-refractivity contribution in [2.45, 2.75) is 96.6 Å². The molecule has 0 aliphatic heterocycles.